The van der Waals surface area contributed by atoms with Gasteiger partial charge in [-0.3, -0.25) is 4.79 Å². The van der Waals surface area contributed by atoms with E-state index in [4.69, 9.17) is 5.14 Å². The Balaban J connectivity index is 1.90. The molecule has 0 aliphatic heterocycles. The third kappa shape index (κ3) is 2.89. The summed E-state index contributed by atoms with van der Waals surface area (Å²) < 4.78 is 37.8. The molecule has 0 atom stereocenters. The number of hydrogen-bond acceptors (Lipinski definition) is 3. The molecule has 1 heterocycles. The van der Waals surface area contributed by atoms with Gasteiger partial charge < -0.3 is 9.88 Å². The molecular weight excluding hydrogens is 333 g/mol. The van der Waals surface area contributed by atoms with Gasteiger partial charge in [0.05, 0.1) is 10.4 Å². The zero-order chi connectivity index (χ0) is 17.5. The van der Waals surface area contributed by atoms with Gasteiger partial charge in [0, 0.05) is 18.1 Å². The Morgan fingerprint density at radius 2 is 1.83 bits per heavy atom. The van der Waals surface area contributed by atoms with Gasteiger partial charge in [-0.2, -0.15) is 0 Å². The van der Waals surface area contributed by atoms with E-state index in [9.17, 15) is 17.6 Å². The normalized spacial score (nSPS) is 11.6. The summed E-state index contributed by atoms with van der Waals surface area (Å²) in [7, 11) is -2.12. The van der Waals surface area contributed by atoms with E-state index < -0.39 is 21.7 Å². The zero-order valence-electron chi connectivity index (χ0n) is 12.7. The van der Waals surface area contributed by atoms with Gasteiger partial charge in [0.15, 0.2) is 0 Å². The van der Waals surface area contributed by atoms with Crippen molar-refractivity contribution >= 4 is 32.5 Å². The Labute approximate surface area is 137 Å². The molecule has 0 radical (unpaired) electrons. The van der Waals surface area contributed by atoms with Crippen LogP contribution in [0, 0.1) is 5.82 Å². The molecule has 6 nitrogen and oxygen atoms in total. The number of rotatable bonds is 3. The predicted octanol–water partition coefficient (Wildman–Crippen LogP) is 2.22. The fourth-order valence-corrected chi connectivity index (χ4v) is 2.98. The molecule has 1 amide bonds. The summed E-state index contributed by atoms with van der Waals surface area (Å²) in [6.45, 7) is 0. The number of nitrogens with one attached hydrogen (secondary N) is 1. The van der Waals surface area contributed by atoms with E-state index in [1.54, 1.807) is 23.7 Å². The van der Waals surface area contributed by atoms with Gasteiger partial charge >= 0.3 is 0 Å². The minimum absolute atomic E-state index is 0.0489. The molecule has 2 aromatic carbocycles. The molecule has 24 heavy (non-hydrogen) atoms. The molecule has 8 heteroatoms. The summed E-state index contributed by atoms with van der Waals surface area (Å²) in [6.07, 6.45) is 0. The smallest absolute Gasteiger partial charge is 0.272 e. The van der Waals surface area contributed by atoms with E-state index in [1.165, 1.54) is 36.4 Å². The Morgan fingerprint density at radius 1 is 1.17 bits per heavy atom. The summed E-state index contributed by atoms with van der Waals surface area (Å²) >= 11 is 0. The highest BCUT2D eigenvalue weighted by Gasteiger charge is 2.16. The Bertz CT molecular complexity index is 1040. The second-order valence-electron chi connectivity index (χ2n) is 5.28. The molecular formula is C16H14FN3O3S. The number of nitrogens with two attached hydrogens (primary N) is 1. The quantitative estimate of drug-likeness (QED) is 0.760. The minimum Gasteiger partial charge on any atom is -0.340 e. The SMILES string of the molecule is Cn1c(C(=O)Nc2ccc(S(N)(=O)=O)cc2)cc2c(F)cccc21. The molecule has 0 aliphatic rings. The van der Waals surface area contributed by atoms with E-state index in [0.717, 1.165) is 0 Å². The topological polar surface area (TPSA) is 94.2 Å². The fourth-order valence-electron chi connectivity index (χ4n) is 2.47. The number of primary sulfonamides is 1. The monoisotopic (exact) mass is 347 g/mol. The van der Waals surface area contributed by atoms with Crippen LogP contribution in [0.4, 0.5) is 10.1 Å². The first-order valence-corrected chi connectivity index (χ1v) is 8.50. The number of benzene rings is 2. The first-order valence-electron chi connectivity index (χ1n) is 6.95. The number of hydrogen-bond donors (Lipinski definition) is 2. The summed E-state index contributed by atoms with van der Waals surface area (Å²) in [6, 6.07) is 11.6. The van der Waals surface area contributed by atoms with Crippen molar-refractivity contribution in [3.8, 4) is 0 Å². The molecule has 0 fully saturated rings. The number of carbonyl (C=O) groups excluding carboxylic acids is 1. The van der Waals surface area contributed by atoms with Crippen LogP contribution < -0.4 is 10.5 Å². The van der Waals surface area contributed by atoms with Crippen molar-refractivity contribution in [1.29, 1.82) is 0 Å². The number of carbonyl (C=O) groups is 1. The lowest BCUT2D eigenvalue weighted by molar-refractivity contribution is 0.101. The number of aromatic nitrogens is 1. The second-order valence-corrected chi connectivity index (χ2v) is 6.85. The Kier molecular flexibility index (Phi) is 3.86. The number of aryl methyl sites for hydroxylation is 1. The average Bonchev–Trinajstić information content (AvgIpc) is 2.86. The van der Waals surface area contributed by atoms with Crippen molar-refractivity contribution in [2.24, 2.45) is 12.2 Å². The highest BCUT2D eigenvalue weighted by molar-refractivity contribution is 7.89. The lowest BCUT2D eigenvalue weighted by atomic mass is 10.2. The van der Waals surface area contributed by atoms with Crippen LogP contribution >= 0.6 is 0 Å². The first kappa shape index (κ1) is 16.2. The van der Waals surface area contributed by atoms with Crippen molar-refractivity contribution in [3.05, 3.63) is 60.0 Å². The molecule has 3 N–H and O–H groups in total. The number of fused-ring (bicyclic) bond motifs is 1. The van der Waals surface area contributed by atoms with Crippen molar-refractivity contribution in [2.75, 3.05) is 5.32 Å². The Morgan fingerprint density at radius 3 is 2.42 bits per heavy atom. The third-order valence-electron chi connectivity index (χ3n) is 3.71. The van der Waals surface area contributed by atoms with E-state index in [0.29, 0.717) is 16.6 Å². The van der Waals surface area contributed by atoms with Crippen LogP contribution in [0.3, 0.4) is 0 Å². The largest absolute Gasteiger partial charge is 0.340 e. The lowest BCUT2D eigenvalue weighted by Crippen LogP contribution is -2.16. The fraction of sp³-hybridized carbons (Fsp3) is 0.0625. The van der Waals surface area contributed by atoms with Crippen LogP contribution in [0.1, 0.15) is 10.5 Å². The molecule has 0 aliphatic carbocycles. The van der Waals surface area contributed by atoms with Gasteiger partial charge in [-0.15, -0.1) is 0 Å². The number of amides is 1. The van der Waals surface area contributed by atoms with Crippen molar-refractivity contribution < 1.29 is 17.6 Å². The van der Waals surface area contributed by atoms with Gasteiger partial charge in [0.1, 0.15) is 11.5 Å². The average molecular weight is 347 g/mol. The second kappa shape index (κ2) is 5.73. The number of halogens is 1. The standard InChI is InChI=1S/C16H14FN3O3S/c1-20-14-4-2-3-13(17)12(14)9-15(20)16(21)19-10-5-7-11(8-6-10)24(18,22)23/h2-9H,1H3,(H,19,21)(H2,18,22,23). The maximum absolute atomic E-state index is 13.8. The van der Waals surface area contributed by atoms with E-state index >= 15 is 0 Å². The highest BCUT2D eigenvalue weighted by Crippen LogP contribution is 2.22. The highest BCUT2D eigenvalue weighted by atomic mass is 32.2. The third-order valence-corrected chi connectivity index (χ3v) is 4.64. The van der Waals surface area contributed by atoms with Crippen molar-refractivity contribution in [1.82, 2.24) is 4.57 Å². The van der Waals surface area contributed by atoms with Crippen LogP contribution in [0.15, 0.2) is 53.4 Å². The van der Waals surface area contributed by atoms with Crippen LogP contribution in [0.5, 0.6) is 0 Å². The maximum Gasteiger partial charge on any atom is 0.272 e. The molecule has 3 rings (SSSR count). The van der Waals surface area contributed by atoms with Crippen molar-refractivity contribution in [2.45, 2.75) is 4.90 Å². The molecule has 0 spiro atoms. The van der Waals surface area contributed by atoms with Gasteiger partial charge in [-0.25, -0.2) is 17.9 Å². The molecule has 0 unspecified atom stereocenters. The predicted molar refractivity (Wildman–Crippen MR) is 88.6 cm³/mol. The Hall–Kier alpha value is -2.71. The van der Waals surface area contributed by atoms with E-state index in [1.807, 2.05) is 0 Å². The van der Waals surface area contributed by atoms with Gasteiger partial charge in [0.2, 0.25) is 10.0 Å². The number of sulfonamides is 1. The molecule has 124 valence electrons. The van der Waals surface area contributed by atoms with Crippen LogP contribution in [-0.4, -0.2) is 18.9 Å². The molecule has 0 bridgehead atoms. The summed E-state index contributed by atoms with van der Waals surface area (Å²) in [5.74, 6) is -0.837. The molecule has 0 saturated carbocycles. The summed E-state index contributed by atoms with van der Waals surface area (Å²) in [5.41, 5.74) is 1.29. The van der Waals surface area contributed by atoms with E-state index in [2.05, 4.69) is 5.32 Å². The van der Waals surface area contributed by atoms with Crippen LogP contribution in [0.2, 0.25) is 0 Å². The van der Waals surface area contributed by atoms with Crippen molar-refractivity contribution in [3.63, 3.8) is 0 Å². The number of anilines is 1. The molecule has 3 aromatic rings. The van der Waals surface area contributed by atoms with Gasteiger partial charge in [0.25, 0.3) is 5.91 Å². The maximum atomic E-state index is 13.8. The summed E-state index contributed by atoms with van der Waals surface area (Å²) in [5, 5.41) is 8.02. The van der Waals surface area contributed by atoms with Gasteiger partial charge in [-0.05, 0) is 42.5 Å². The molecule has 1 aromatic heterocycles. The molecule has 0 saturated heterocycles. The zero-order valence-corrected chi connectivity index (χ0v) is 13.5. The van der Waals surface area contributed by atoms with Crippen LogP contribution in [0.25, 0.3) is 10.9 Å². The first-order chi connectivity index (χ1) is 11.3. The van der Waals surface area contributed by atoms with Crippen LogP contribution in [-0.2, 0) is 17.1 Å². The number of nitrogens with zero attached hydrogens (tertiary/aromatic N) is 1. The van der Waals surface area contributed by atoms with Gasteiger partial charge in [-0.1, -0.05) is 6.07 Å². The van der Waals surface area contributed by atoms with E-state index in [-0.39, 0.29) is 10.6 Å². The lowest BCUT2D eigenvalue weighted by Gasteiger charge is -2.07. The minimum atomic E-state index is -3.79. The summed E-state index contributed by atoms with van der Waals surface area (Å²) in [4.78, 5) is 12.4.